The highest BCUT2D eigenvalue weighted by Crippen LogP contribution is 2.00. The normalized spacial score (nSPS) is 10.2. The second-order valence-corrected chi connectivity index (χ2v) is 3.08. The fourth-order valence-corrected chi connectivity index (χ4v) is 0.761. The number of nitrogens with one attached hydrogen (secondary N) is 2. The van der Waals surface area contributed by atoms with Crippen molar-refractivity contribution in [2.45, 2.75) is 13.8 Å². The lowest BCUT2D eigenvalue weighted by atomic mass is 10.2. The molecule has 2 N–H and O–H groups in total. The largest absolute Gasteiger partial charge is 0.382 e. The predicted molar refractivity (Wildman–Crippen MR) is 48.2 cm³/mol. The molecule has 1 aromatic heterocycles. The van der Waals surface area contributed by atoms with Crippen LogP contribution in [0.3, 0.4) is 0 Å². The summed E-state index contributed by atoms with van der Waals surface area (Å²) >= 11 is 0. The first-order valence-electron chi connectivity index (χ1n) is 3.97. The number of aromatic nitrogens is 2. The summed E-state index contributed by atoms with van der Waals surface area (Å²) in [5, 5.41) is 3.14. The molecule has 1 aromatic rings. The first-order valence-corrected chi connectivity index (χ1v) is 3.97. The van der Waals surface area contributed by atoms with Crippen molar-refractivity contribution in [2.75, 3.05) is 11.9 Å². The van der Waals surface area contributed by atoms with E-state index in [1.54, 1.807) is 6.20 Å². The van der Waals surface area contributed by atoms with Crippen molar-refractivity contribution < 1.29 is 0 Å². The lowest BCUT2D eigenvalue weighted by molar-refractivity contribution is 0.688. The molecule has 0 radical (unpaired) electrons. The molecule has 0 amide bonds. The zero-order chi connectivity index (χ0) is 8.97. The topological polar surface area (TPSA) is 57.8 Å². The van der Waals surface area contributed by atoms with Gasteiger partial charge in [-0.05, 0) is 5.92 Å². The van der Waals surface area contributed by atoms with E-state index in [-0.39, 0.29) is 5.69 Å². The molecule has 0 spiro atoms. The number of hydrogen-bond acceptors (Lipinski definition) is 3. The molecule has 4 heteroatoms. The van der Waals surface area contributed by atoms with E-state index in [1.807, 2.05) is 0 Å². The molecule has 1 rings (SSSR count). The molecule has 0 aliphatic heterocycles. The number of anilines is 1. The van der Waals surface area contributed by atoms with Gasteiger partial charge >= 0.3 is 5.69 Å². The molecule has 0 fully saturated rings. The van der Waals surface area contributed by atoms with Gasteiger partial charge in [-0.25, -0.2) is 4.79 Å². The summed E-state index contributed by atoms with van der Waals surface area (Å²) in [6, 6.07) is 0. The van der Waals surface area contributed by atoms with Gasteiger partial charge in [0.25, 0.3) is 0 Å². The minimum Gasteiger partial charge on any atom is -0.382 e. The molecule has 4 nitrogen and oxygen atoms in total. The lowest BCUT2D eigenvalue weighted by Gasteiger charge is -2.06. The number of nitrogens with zero attached hydrogens (tertiary/aromatic N) is 1. The molecule has 0 aromatic carbocycles. The Labute approximate surface area is 71.0 Å². The fraction of sp³-hybridized carbons (Fsp3) is 0.500. The van der Waals surface area contributed by atoms with E-state index in [2.05, 4.69) is 29.1 Å². The third-order valence-corrected chi connectivity index (χ3v) is 1.39. The molecular formula is C8H13N3O. The predicted octanol–water partition coefficient (Wildman–Crippen LogP) is 0.838. The van der Waals surface area contributed by atoms with Crippen LogP contribution >= 0.6 is 0 Å². The average molecular weight is 167 g/mol. The highest BCUT2D eigenvalue weighted by Gasteiger charge is 1.94. The lowest BCUT2D eigenvalue weighted by Crippen LogP contribution is -2.12. The number of hydrogen-bond donors (Lipinski definition) is 2. The number of H-pyrrole nitrogens is 1. The molecule has 0 bridgehead atoms. The average Bonchev–Trinajstić information content (AvgIpc) is 2.03. The molecule has 0 unspecified atom stereocenters. The van der Waals surface area contributed by atoms with E-state index in [4.69, 9.17) is 0 Å². The van der Waals surface area contributed by atoms with Gasteiger partial charge in [-0.1, -0.05) is 13.8 Å². The van der Waals surface area contributed by atoms with Crippen LogP contribution in [-0.2, 0) is 0 Å². The second-order valence-electron chi connectivity index (χ2n) is 3.08. The van der Waals surface area contributed by atoms with Crippen LogP contribution in [0.15, 0.2) is 17.2 Å². The third kappa shape index (κ3) is 2.74. The molecular weight excluding hydrogens is 154 g/mol. The Bertz CT molecular complexity index is 272. The summed E-state index contributed by atoms with van der Waals surface area (Å²) < 4.78 is 0. The molecule has 0 atom stereocenters. The Balaban J connectivity index is 2.53. The van der Waals surface area contributed by atoms with Gasteiger partial charge in [0.2, 0.25) is 0 Å². The highest BCUT2D eigenvalue weighted by molar-refractivity contribution is 5.36. The monoisotopic (exact) mass is 167 g/mol. The highest BCUT2D eigenvalue weighted by atomic mass is 16.1. The van der Waals surface area contributed by atoms with Gasteiger partial charge in [0.1, 0.15) is 0 Å². The van der Waals surface area contributed by atoms with Gasteiger partial charge in [0.15, 0.2) is 0 Å². The van der Waals surface area contributed by atoms with Crippen molar-refractivity contribution in [1.82, 2.24) is 9.97 Å². The minimum atomic E-state index is -0.315. The minimum absolute atomic E-state index is 0.315. The summed E-state index contributed by atoms with van der Waals surface area (Å²) in [7, 11) is 0. The van der Waals surface area contributed by atoms with E-state index >= 15 is 0 Å². The summed E-state index contributed by atoms with van der Waals surface area (Å²) in [4.78, 5) is 16.6. The quantitative estimate of drug-likeness (QED) is 0.701. The van der Waals surface area contributed by atoms with Gasteiger partial charge in [0, 0.05) is 12.7 Å². The number of rotatable bonds is 3. The zero-order valence-corrected chi connectivity index (χ0v) is 7.29. The smallest absolute Gasteiger partial charge is 0.345 e. The van der Waals surface area contributed by atoms with E-state index in [0.29, 0.717) is 5.92 Å². The maximum absolute atomic E-state index is 10.6. The van der Waals surface area contributed by atoms with Crippen molar-refractivity contribution in [3.05, 3.63) is 22.9 Å². The zero-order valence-electron chi connectivity index (χ0n) is 7.29. The van der Waals surface area contributed by atoms with Crippen LogP contribution < -0.4 is 11.0 Å². The summed E-state index contributed by atoms with van der Waals surface area (Å²) in [6.45, 7) is 5.12. The van der Waals surface area contributed by atoms with Crippen LogP contribution in [0.5, 0.6) is 0 Å². The molecule has 0 aliphatic rings. The standard InChI is InChI=1S/C8H13N3O/c1-6(2)3-9-7-4-10-8(12)11-5-7/h4-6,9H,3H2,1-2H3,(H,10,11,12). The van der Waals surface area contributed by atoms with Crippen LogP contribution in [0.4, 0.5) is 5.69 Å². The van der Waals surface area contributed by atoms with Gasteiger partial charge in [-0.15, -0.1) is 0 Å². The Morgan fingerprint density at radius 3 is 2.92 bits per heavy atom. The van der Waals surface area contributed by atoms with Crippen molar-refractivity contribution in [3.8, 4) is 0 Å². The second kappa shape index (κ2) is 3.90. The van der Waals surface area contributed by atoms with Gasteiger partial charge in [0.05, 0.1) is 11.9 Å². The van der Waals surface area contributed by atoms with Crippen LogP contribution in [0.25, 0.3) is 0 Å². The van der Waals surface area contributed by atoms with Crippen molar-refractivity contribution in [1.29, 1.82) is 0 Å². The van der Waals surface area contributed by atoms with Crippen LogP contribution in [0, 0.1) is 5.92 Å². The molecule has 1 heterocycles. The van der Waals surface area contributed by atoms with Crippen molar-refractivity contribution in [3.63, 3.8) is 0 Å². The summed E-state index contributed by atoms with van der Waals surface area (Å²) in [5.74, 6) is 0.580. The van der Waals surface area contributed by atoms with E-state index < -0.39 is 0 Å². The molecule has 12 heavy (non-hydrogen) atoms. The van der Waals surface area contributed by atoms with Gasteiger partial charge in [-0.2, -0.15) is 4.98 Å². The SMILES string of the molecule is CC(C)CNc1cnc(=O)[nH]c1. The third-order valence-electron chi connectivity index (χ3n) is 1.39. The maximum atomic E-state index is 10.6. The maximum Gasteiger partial charge on any atom is 0.345 e. The molecule has 0 aliphatic carbocycles. The fourth-order valence-electron chi connectivity index (χ4n) is 0.761. The number of aromatic amines is 1. The van der Waals surface area contributed by atoms with E-state index in [1.165, 1.54) is 6.20 Å². The summed E-state index contributed by atoms with van der Waals surface area (Å²) in [5.41, 5.74) is 0.536. The Hall–Kier alpha value is -1.32. The Kier molecular flexibility index (Phi) is 2.85. The van der Waals surface area contributed by atoms with Crippen molar-refractivity contribution in [2.24, 2.45) is 5.92 Å². The van der Waals surface area contributed by atoms with Crippen molar-refractivity contribution >= 4 is 5.69 Å². The van der Waals surface area contributed by atoms with E-state index in [9.17, 15) is 4.79 Å². The Morgan fingerprint density at radius 1 is 1.67 bits per heavy atom. The first kappa shape index (κ1) is 8.77. The molecule has 0 saturated carbocycles. The van der Waals surface area contributed by atoms with Gasteiger partial charge in [-0.3, -0.25) is 0 Å². The summed E-state index contributed by atoms with van der Waals surface area (Å²) in [6.07, 6.45) is 3.15. The van der Waals surface area contributed by atoms with Crippen LogP contribution in [0.2, 0.25) is 0 Å². The first-order chi connectivity index (χ1) is 5.68. The van der Waals surface area contributed by atoms with Crippen LogP contribution in [-0.4, -0.2) is 16.5 Å². The van der Waals surface area contributed by atoms with E-state index in [0.717, 1.165) is 12.2 Å². The Morgan fingerprint density at radius 2 is 2.42 bits per heavy atom. The molecule has 66 valence electrons. The van der Waals surface area contributed by atoms with Gasteiger partial charge < -0.3 is 10.3 Å². The molecule has 0 saturated heterocycles. The van der Waals surface area contributed by atoms with Crippen LogP contribution in [0.1, 0.15) is 13.8 Å².